The quantitative estimate of drug-likeness (QED) is 0.614. The Kier molecular flexibility index (Phi) is 5.73. The number of hydrogen-bond acceptors (Lipinski definition) is 5. The van der Waals surface area contributed by atoms with E-state index in [1.807, 2.05) is 6.92 Å². The van der Waals surface area contributed by atoms with Crippen molar-refractivity contribution < 1.29 is 18.3 Å². The first kappa shape index (κ1) is 15.1. The molecule has 1 rings (SSSR count). The molecule has 0 unspecified atom stereocenters. The average Bonchev–Trinajstić information content (AvgIpc) is 2.78. The van der Waals surface area contributed by atoms with Crippen molar-refractivity contribution in [2.45, 2.75) is 17.6 Å². The maximum absolute atomic E-state index is 11.8. The van der Waals surface area contributed by atoms with E-state index in [9.17, 15) is 13.2 Å². The maximum Gasteiger partial charge on any atom is 0.336 e. The number of aromatic carboxylic acids is 1. The molecule has 0 saturated carbocycles. The summed E-state index contributed by atoms with van der Waals surface area (Å²) >= 11 is 0.906. The molecule has 0 aliphatic rings. The molecule has 3 N–H and O–H groups in total. The number of sulfonamides is 1. The van der Waals surface area contributed by atoms with Gasteiger partial charge in [0.25, 0.3) is 0 Å². The number of rotatable bonds is 8. The van der Waals surface area contributed by atoms with E-state index in [0.29, 0.717) is 13.0 Å². The summed E-state index contributed by atoms with van der Waals surface area (Å²) in [6.45, 7) is 3.89. The van der Waals surface area contributed by atoms with Gasteiger partial charge in [-0.1, -0.05) is 6.92 Å². The Morgan fingerprint density at radius 3 is 2.72 bits per heavy atom. The van der Waals surface area contributed by atoms with Crippen molar-refractivity contribution in [3.05, 3.63) is 17.0 Å². The standard InChI is InChI=1S/C10H16N2O4S2/c1-2-11-4-3-5-12-18(15,16)9-6-8(7-17-9)10(13)14/h6-7,11-12H,2-5H2,1H3,(H,13,14). The van der Waals surface area contributed by atoms with Gasteiger partial charge in [-0.15, -0.1) is 11.3 Å². The number of hydrogen-bond donors (Lipinski definition) is 3. The Labute approximate surface area is 110 Å². The summed E-state index contributed by atoms with van der Waals surface area (Å²) < 4.78 is 26.0. The summed E-state index contributed by atoms with van der Waals surface area (Å²) in [6, 6.07) is 1.17. The van der Waals surface area contributed by atoms with Crippen LogP contribution in [0.2, 0.25) is 0 Å². The fourth-order valence-corrected chi connectivity index (χ4v) is 3.51. The van der Waals surface area contributed by atoms with Crippen LogP contribution in [0.3, 0.4) is 0 Å². The Balaban J connectivity index is 2.54. The van der Waals surface area contributed by atoms with Crippen LogP contribution in [0, 0.1) is 0 Å². The van der Waals surface area contributed by atoms with Gasteiger partial charge in [-0.3, -0.25) is 0 Å². The molecule has 0 atom stereocenters. The molecule has 0 bridgehead atoms. The molecule has 6 nitrogen and oxygen atoms in total. The second kappa shape index (κ2) is 6.83. The number of thiophene rings is 1. The summed E-state index contributed by atoms with van der Waals surface area (Å²) in [5, 5.41) is 13.1. The molecule has 0 aliphatic carbocycles. The van der Waals surface area contributed by atoms with Gasteiger partial charge in [-0.2, -0.15) is 0 Å². The van der Waals surface area contributed by atoms with Crippen LogP contribution in [-0.2, 0) is 10.0 Å². The smallest absolute Gasteiger partial charge is 0.336 e. The number of nitrogens with one attached hydrogen (secondary N) is 2. The van der Waals surface area contributed by atoms with E-state index in [-0.39, 0.29) is 9.77 Å². The van der Waals surface area contributed by atoms with Crippen LogP contribution in [0.1, 0.15) is 23.7 Å². The monoisotopic (exact) mass is 292 g/mol. The lowest BCUT2D eigenvalue weighted by Gasteiger charge is -2.04. The van der Waals surface area contributed by atoms with Crippen molar-refractivity contribution in [1.29, 1.82) is 0 Å². The third kappa shape index (κ3) is 4.37. The topological polar surface area (TPSA) is 95.5 Å². The number of carboxylic acid groups (broad SMARTS) is 1. The Hall–Kier alpha value is -0.960. The van der Waals surface area contributed by atoms with Crippen molar-refractivity contribution in [3.8, 4) is 0 Å². The lowest BCUT2D eigenvalue weighted by atomic mass is 10.4. The summed E-state index contributed by atoms with van der Waals surface area (Å²) in [5.41, 5.74) is -0.00646. The van der Waals surface area contributed by atoms with Gasteiger partial charge in [0, 0.05) is 11.9 Å². The molecule has 1 heterocycles. The molecule has 0 saturated heterocycles. The molecule has 0 fully saturated rings. The van der Waals surface area contributed by atoms with E-state index in [1.165, 1.54) is 11.4 Å². The molecule has 0 aliphatic heterocycles. The zero-order valence-corrected chi connectivity index (χ0v) is 11.6. The van der Waals surface area contributed by atoms with E-state index in [4.69, 9.17) is 5.11 Å². The average molecular weight is 292 g/mol. The fraction of sp³-hybridized carbons (Fsp3) is 0.500. The van der Waals surface area contributed by atoms with E-state index in [0.717, 1.165) is 24.4 Å². The van der Waals surface area contributed by atoms with Crippen molar-refractivity contribution in [2.24, 2.45) is 0 Å². The molecule has 102 valence electrons. The first-order valence-corrected chi connectivity index (χ1v) is 7.86. The fourth-order valence-electron chi connectivity index (χ4n) is 1.24. The zero-order valence-electron chi connectivity index (χ0n) is 9.97. The van der Waals surface area contributed by atoms with Crippen molar-refractivity contribution in [3.63, 3.8) is 0 Å². The number of carboxylic acids is 1. The predicted molar refractivity (Wildman–Crippen MR) is 69.6 cm³/mol. The van der Waals surface area contributed by atoms with Gasteiger partial charge in [0.05, 0.1) is 5.56 Å². The normalized spacial score (nSPS) is 11.6. The SMILES string of the molecule is CCNCCCNS(=O)(=O)c1cc(C(=O)O)cs1. The Bertz CT molecular complexity index is 496. The molecule has 1 aromatic heterocycles. The highest BCUT2D eigenvalue weighted by atomic mass is 32.2. The molecular formula is C10H16N2O4S2. The Morgan fingerprint density at radius 2 is 2.17 bits per heavy atom. The van der Waals surface area contributed by atoms with Gasteiger partial charge >= 0.3 is 5.97 Å². The lowest BCUT2D eigenvalue weighted by molar-refractivity contribution is 0.0697. The maximum atomic E-state index is 11.8. The third-order valence-electron chi connectivity index (χ3n) is 2.16. The minimum absolute atomic E-state index is 0.00646. The third-order valence-corrected chi connectivity index (χ3v) is 5.06. The summed E-state index contributed by atoms with van der Waals surface area (Å²) in [5.74, 6) is -1.13. The van der Waals surface area contributed by atoms with Crippen LogP contribution in [0.25, 0.3) is 0 Å². The minimum Gasteiger partial charge on any atom is -0.478 e. The number of carbonyl (C=O) groups is 1. The van der Waals surface area contributed by atoms with Gasteiger partial charge in [-0.05, 0) is 25.6 Å². The molecule has 0 spiro atoms. The van der Waals surface area contributed by atoms with E-state index in [1.54, 1.807) is 0 Å². The summed E-state index contributed by atoms with van der Waals surface area (Å²) in [4.78, 5) is 10.7. The largest absolute Gasteiger partial charge is 0.478 e. The molecule has 0 radical (unpaired) electrons. The van der Waals surface area contributed by atoms with E-state index < -0.39 is 16.0 Å². The summed E-state index contributed by atoms with van der Waals surface area (Å²) in [6.07, 6.45) is 0.685. The predicted octanol–water partition coefficient (Wildman–Crippen LogP) is 0.724. The second-order valence-corrected chi connectivity index (χ2v) is 6.47. The van der Waals surface area contributed by atoms with Crippen molar-refractivity contribution >= 4 is 27.3 Å². The first-order valence-electron chi connectivity index (χ1n) is 5.49. The van der Waals surface area contributed by atoms with Crippen LogP contribution in [0.4, 0.5) is 0 Å². The van der Waals surface area contributed by atoms with E-state index >= 15 is 0 Å². The first-order chi connectivity index (χ1) is 8.47. The lowest BCUT2D eigenvalue weighted by Crippen LogP contribution is -2.27. The zero-order chi connectivity index (χ0) is 13.6. The van der Waals surface area contributed by atoms with Crippen LogP contribution >= 0.6 is 11.3 Å². The van der Waals surface area contributed by atoms with Gasteiger partial charge in [0.1, 0.15) is 4.21 Å². The summed E-state index contributed by atoms with van der Waals surface area (Å²) in [7, 11) is -3.58. The van der Waals surface area contributed by atoms with E-state index in [2.05, 4.69) is 10.0 Å². The van der Waals surface area contributed by atoms with Crippen LogP contribution in [-0.4, -0.2) is 39.1 Å². The molecule has 18 heavy (non-hydrogen) atoms. The Morgan fingerprint density at radius 1 is 1.44 bits per heavy atom. The van der Waals surface area contributed by atoms with Crippen LogP contribution in [0.5, 0.6) is 0 Å². The van der Waals surface area contributed by atoms with Gasteiger partial charge in [-0.25, -0.2) is 17.9 Å². The van der Waals surface area contributed by atoms with Crippen LogP contribution < -0.4 is 10.0 Å². The highest BCUT2D eigenvalue weighted by Gasteiger charge is 2.18. The van der Waals surface area contributed by atoms with Gasteiger partial charge in [0.15, 0.2) is 0 Å². The molecular weight excluding hydrogens is 276 g/mol. The van der Waals surface area contributed by atoms with Crippen molar-refractivity contribution in [2.75, 3.05) is 19.6 Å². The van der Waals surface area contributed by atoms with Gasteiger partial charge in [0.2, 0.25) is 10.0 Å². The second-order valence-electron chi connectivity index (χ2n) is 3.56. The minimum atomic E-state index is -3.58. The van der Waals surface area contributed by atoms with Crippen LogP contribution in [0.15, 0.2) is 15.7 Å². The molecule has 0 amide bonds. The highest BCUT2D eigenvalue weighted by molar-refractivity contribution is 7.91. The molecule has 0 aromatic carbocycles. The molecule has 1 aromatic rings. The van der Waals surface area contributed by atoms with Gasteiger partial charge < -0.3 is 10.4 Å². The highest BCUT2D eigenvalue weighted by Crippen LogP contribution is 2.19. The molecule has 8 heteroatoms. The van der Waals surface area contributed by atoms with Crippen molar-refractivity contribution in [1.82, 2.24) is 10.0 Å².